The first kappa shape index (κ1) is 30.4. The average molecular weight is 544 g/mol. The Bertz CT molecular complexity index is 1220. The number of nitrogens with one attached hydrogen (secondary N) is 2. The fourth-order valence-corrected chi connectivity index (χ4v) is 7.24. The first-order valence-corrected chi connectivity index (χ1v) is 15.8. The molecule has 7 heteroatoms. The average Bonchev–Trinajstić information content (AvgIpc) is 3.13. The maximum atomic E-state index is 13.4. The number of rotatable bonds is 9. The Balaban J connectivity index is 2.13. The molecule has 2 N–H and O–H groups in total. The Morgan fingerprint density at radius 1 is 1.03 bits per heavy atom. The van der Waals surface area contributed by atoms with Crippen LogP contribution < -0.4 is 10.0 Å². The zero-order valence-electron chi connectivity index (χ0n) is 24.8. The molecule has 1 fully saturated rings. The number of hydrogen-bond donors (Lipinski definition) is 2. The molecule has 0 radical (unpaired) electrons. The monoisotopic (exact) mass is 543 g/mol. The lowest BCUT2D eigenvalue weighted by Crippen LogP contribution is -2.41. The molecule has 1 aliphatic carbocycles. The first-order chi connectivity index (χ1) is 17.6. The molecular formula is C31H49N3O3S. The number of nitrogens with zero attached hydrogens (tertiary/aromatic N) is 1. The van der Waals surface area contributed by atoms with Crippen LogP contribution in [0.1, 0.15) is 115 Å². The van der Waals surface area contributed by atoms with E-state index in [1.54, 1.807) is 6.07 Å². The molecule has 1 amide bonds. The van der Waals surface area contributed by atoms with Crippen molar-refractivity contribution in [2.45, 2.75) is 123 Å². The van der Waals surface area contributed by atoms with Crippen molar-refractivity contribution in [1.29, 1.82) is 0 Å². The summed E-state index contributed by atoms with van der Waals surface area (Å²) in [6, 6.07) is 7.65. The topological polar surface area (TPSA) is 80.2 Å². The van der Waals surface area contributed by atoms with Crippen LogP contribution >= 0.6 is 0 Å². The van der Waals surface area contributed by atoms with Crippen LogP contribution in [0.4, 0.5) is 0 Å². The van der Waals surface area contributed by atoms with E-state index < -0.39 is 21.0 Å². The summed E-state index contributed by atoms with van der Waals surface area (Å²) in [6.07, 6.45) is 8.21. The van der Waals surface area contributed by atoms with E-state index in [1.165, 1.54) is 32.1 Å². The third kappa shape index (κ3) is 7.50. The van der Waals surface area contributed by atoms with E-state index in [2.05, 4.69) is 21.5 Å². The number of amides is 1. The van der Waals surface area contributed by atoms with Gasteiger partial charge in [-0.15, -0.1) is 0 Å². The minimum atomic E-state index is -3.71. The smallest absolute Gasteiger partial charge is 0.253 e. The van der Waals surface area contributed by atoms with Crippen LogP contribution in [0.2, 0.25) is 0 Å². The van der Waals surface area contributed by atoms with Gasteiger partial charge in [-0.25, -0.2) is 13.1 Å². The van der Waals surface area contributed by atoms with Gasteiger partial charge in [-0.2, -0.15) is 0 Å². The second kappa shape index (κ2) is 12.0. The molecule has 1 saturated carbocycles. The van der Waals surface area contributed by atoms with E-state index >= 15 is 0 Å². The zero-order valence-corrected chi connectivity index (χ0v) is 25.6. The Labute approximate surface area is 231 Å². The lowest BCUT2D eigenvalue weighted by atomic mass is 9.85. The lowest BCUT2D eigenvalue weighted by Gasteiger charge is -2.27. The number of hydrogen-bond acceptors (Lipinski definition) is 3. The second-order valence-electron chi connectivity index (χ2n) is 13.1. The molecule has 1 aromatic heterocycles. The van der Waals surface area contributed by atoms with E-state index in [9.17, 15) is 13.2 Å². The predicted molar refractivity (Wildman–Crippen MR) is 157 cm³/mol. The largest absolute Gasteiger partial charge is 0.352 e. The standard InChI is InChI=1S/C31H49N3O3S/c1-9-10-18-32-29(35)25-20-27(34(22(25)2)21-23-14-12-11-13-15-23)24-16-17-28(26(19-24)30(3,4)5)38(36,37)33-31(6,7)8/h16-17,19-20,23,33H,9-15,18,21H2,1-8H3,(H,32,35). The highest BCUT2D eigenvalue weighted by Gasteiger charge is 2.30. The summed E-state index contributed by atoms with van der Waals surface area (Å²) in [5.74, 6) is 0.548. The maximum Gasteiger partial charge on any atom is 0.253 e. The van der Waals surface area contributed by atoms with Gasteiger partial charge in [0.2, 0.25) is 10.0 Å². The summed E-state index contributed by atoms with van der Waals surface area (Å²) in [6.45, 7) is 17.4. The molecule has 0 unspecified atom stereocenters. The maximum absolute atomic E-state index is 13.4. The van der Waals surface area contributed by atoms with Gasteiger partial charge in [0.15, 0.2) is 0 Å². The van der Waals surface area contributed by atoms with E-state index in [0.717, 1.165) is 41.9 Å². The molecule has 0 aliphatic heterocycles. The van der Waals surface area contributed by atoms with Crippen molar-refractivity contribution >= 4 is 15.9 Å². The highest BCUT2D eigenvalue weighted by molar-refractivity contribution is 7.89. The Morgan fingerprint density at radius 3 is 2.26 bits per heavy atom. The number of sulfonamides is 1. The quantitative estimate of drug-likeness (QED) is 0.336. The fraction of sp³-hybridized carbons (Fsp3) is 0.645. The molecule has 1 aliphatic rings. The van der Waals surface area contributed by atoms with Gasteiger partial charge in [-0.05, 0) is 87.6 Å². The molecular weight excluding hydrogens is 494 g/mol. The summed E-state index contributed by atoms with van der Waals surface area (Å²) in [5.41, 5.74) is 3.39. The van der Waals surface area contributed by atoms with Crippen molar-refractivity contribution in [1.82, 2.24) is 14.6 Å². The van der Waals surface area contributed by atoms with Crippen LogP contribution in [0, 0.1) is 12.8 Å². The highest BCUT2D eigenvalue weighted by atomic mass is 32.2. The molecule has 0 saturated heterocycles. The number of carbonyl (C=O) groups excluding carboxylic acids is 1. The normalized spacial score (nSPS) is 15.6. The van der Waals surface area contributed by atoms with Gasteiger partial charge in [-0.1, -0.05) is 59.4 Å². The van der Waals surface area contributed by atoms with Gasteiger partial charge in [0.25, 0.3) is 5.91 Å². The zero-order chi connectivity index (χ0) is 28.3. The summed E-state index contributed by atoms with van der Waals surface area (Å²) < 4.78 is 31.9. The number of aromatic nitrogens is 1. The van der Waals surface area contributed by atoms with Crippen molar-refractivity contribution in [3.8, 4) is 11.3 Å². The minimum Gasteiger partial charge on any atom is -0.352 e. The predicted octanol–water partition coefficient (Wildman–Crippen LogP) is 6.95. The van der Waals surface area contributed by atoms with Gasteiger partial charge in [0.1, 0.15) is 0 Å². The van der Waals surface area contributed by atoms with Crippen molar-refractivity contribution in [3.05, 3.63) is 41.1 Å². The van der Waals surface area contributed by atoms with Gasteiger partial charge < -0.3 is 9.88 Å². The van der Waals surface area contributed by atoms with Crippen LogP contribution in [-0.4, -0.2) is 31.0 Å². The summed E-state index contributed by atoms with van der Waals surface area (Å²) in [4.78, 5) is 13.5. The molecule has 2 aromatic rings. The molecule has 212 valence electrons. The SMILES string of the molecule is CCCCNC(=O)c1cc(-c2ccc(S(=O)(=O)NC(C)(C)C)c(C(C)(C)C)c2)n(CC2CCCCC2)c1C. The lowest BCUT2D eigenvalue weighted by molar-refractivity contribution is 0.0952. The van der Waals surface area contributed by atoms with Crippen LogP contribution in [-0.2, 0) is 22.0 Å². The molecule has 0 bridgehead atoms. The molecule has 6 nitrogen and oxygen atoms in total. The van der Waals surface area contributed by atoms with Gasteiger partial charge in [0, 0.05) is 30.0 Å². The molecule has 1 heterocycles. The van der Waals surface area contributed by atoms with Crippen LogP contribution in [0.25, 0.3) is 11.3 Å². The van der Waals surface area contributed by atoms with E-state index in [0.29, 0.717) is 22.9 Å². The fourth-order valence-electron chi connectivity index (χ4n) is 5.42. The van der Waals surface area contributed by atoms with Crippen molar-refractivity contribution in [2.24, 2.45) is 5.92 Å². The summed E-state index contributed by atoms with van der Waals surface area (Å²) >= 11 is 0. The third-order valence-electron chi connectivity index (χ3n) is 7.41. The van der Waals surface area contributed by atoms with E-state index in [1.807, 2.05) is 66.7 Å². The van der Waals surface area contributed by atoms with Crippen LogP contribution in [0.15, 0.2) is 29.2 Å². The first-order valence-electron chi connectivity index (χ1n) is 14.3. The Kier molecular flexibility index (Phi) is 9.57. The number of benzene rings is 1. The minimum absolute atomic E-state index is 0.0378. The van der Waals surface area contributed by atoms with E-state index in [-0.39, 0.29) is 5.91 Å². The van der Waals surface area contributed by atoms with Crippen molar-refractivity contribution in [3.63, 3.8) is 0 Å². The Morgan fingerprint density at radius 2 is 1.68 bits per heavy atom. The van der Waals surface area contributed by atoms with Crippen molar-refractivity contribution < 1.29 is 13.2 Å². The molecule has 1 aromatic carbocycles. The summed E-state index contributed by atoms with van der Waals surface area (Å²) in [5, 5.41) is 3.08. The molecule has 0 spiro atoms. The third-order valence-corrected chi connectivity index (χ3v) is 9.22. The van der Waals surface area contributed by atoms with Gasteiger partial charge in [0.05, 0.1) is 10.5 Å². The number of unbranched alkanes of at least 4 members (excludes halogenated alkanes) is 1. The molecule has 38 heavy (non-hydrogen) atoms. The van der Waals surface area contributed by atoms with E-state index in [4.69, 9.17) is 0 Å². The second-order valence-corrected chi connectivity index (χ2v) is 14.7. The molecule has 3 rings (SSSR count). The van der Waals surface area contributed by atoms with Crippen LogP contribution in [0.5, 0.6) is 0 Å². The number of carbonyl (C=O) groups is 1. The van der Waals surface area contributed by atoms with Crippen molar-refractivity contribution in [2.75, 3.05) is 6.54 Å². The molecule has 0 atom stereocenters. The Hall–Kier alpha value is -2.12. The van der Waals surface area contributed by atoms with Gasteiger partial charge >= 0.3 is 0 Å². The summed E-state index contributed by atoms with van der Waals surface area (Å²) in [7, 11) is -3.71. The van der Waals surface area contributed by atoms with Crippen LogP contribution in [0.3, 0.4) is 0 Å². The van der Waals surface area contributed by atoms with Gasteiger partial charge in [-0.3, -0.25) is 4.79 Å². The highest BCUT2D eigenvalue weighted by Crippen LogP contribution is 2.36.